The third-order valence-corrected chi connectivity index (χ3v) is 1.86. The minimum absolute atomic E-state index is 0.252. The van der Waals surface area contributed by atoms with E-state index in [2.05, 4.69) is 9.72 Å². The molecule has 1 rings (SSSR count). The van der Waals surface area contributed by atoms with Gasteiger partial charge in [0.1, 0.15) is 16.5 Å². The first-order chi connectivity index (χ1) is 6.88. The van der Waals surface area contributed by atoms with E-state index in [4.69, 9.17) is 11.6 Å². The Morgan fingerprint density at radius 2 is 2.13 bits per heavy atom. The van der Waals surface area contributed by atoms with Gasteiger partial charge in [0.25, 0.3) is 5.78 Å². The topological polar surface area (TPSA) is 39.2 Å². The van der Waals surface area contributed by atoms with Crippen LogP contribution in [0, 0.1) is 0 Å². The van der Waals surface area contributed by atoms with Crippen LogP contribution in [-0.4, -0.2) is 24.1 Å². The van der Waals surface area contributed by atoms with Crippen molar-refractivity contribution < 1.29 is 22.7 Å². The number of rotatable bonds is 2. The van der Waals surface area contributed by atoms with Crippen LogP contribution < -0.4 is 4.74 Å². The summed E-state index contributed by atoms with van der Waals surface area (Å²) < 4.78 is 41.0. The molecule has 0 saturated heterocycles. The minimum atomic E-state index is -5.00. The van der Waals surface area contributed by atoms with Gasteiger partial charge in [-0.15, -0.1) is 0 Å². The van der Waals surface area contributed by atoms with Gasteiger partial charge in [-0.1, -0.05) is 11.6 Å². The van der Waals surface area contributed by atoms with Crippen molar-refractivity contribution >= 4 is 17.4 Å². The Balaban J connectivity index is 3.30. The molecule has 0 radical (unpaired) electrons. The van der Waals surface area contributed by atoms with E-state index in [0.717, 1.165) is 19.4 Å². The maximum Gasteiger partial charge on any atom is 0.455 e. The van der Waals surface area contributed by atoms with E-state index in [0.29, 0.717) is 0 Å². The largest absolute Gasteiger partial charge is 0.496 e. The lowest BCUT2D eigenvalue weighted by molar-refractivity contribution is -0.0886. The second-order valence-corrected chi connectivity index (χ2v) is 2.86. The number of Topliss-reactive ketones (excluding diaryl/α,β-unsaturated/α-hetero) is 1. The average molecular weight is 240 g/mol. The first kappa shape index (κ1) is 11.8. The number of halogens is 4. The average Bonchev–Trinajstić information content (AvgIpc) is 2.15. The van der Waals surface area contributed by atoms with Crippen molar-refractivity contribution in [2.24, 2.45) is 0 Å². The Morgan fingerprint density at radius 3 is 2.60 bits per heavy atom. The van der Waals surface area contributed by atoms with E-state index in [1.165, 1.54) is 0 Å². The summed E-state index contributed by atoms with van der Waals surface area (Å²) in [5.74, 6) is -2.32. The Labute approximate surface area is 87.8 Å². The summed E-state index contributed by atoms with van der Waals surface area (Å²) in [6.07, 6.45) is -3.85. The molecule has 0 fully saturated rings. The van der Waals surface area contributed by atoms with Crippen molar-refractivity contribution in [2.45, 2.75) is 6.18 Å². The second kappa shape index (κ2) is 4.06. The Hall–Kier alpha value is -1.30. The smallest absolute Gasteiger partial charge is 0.455 e. The number of hydrogen-bond donors (Lipinski definition) is 0. The van der Waals surface area contributed by atoms with Crippen LogP contribution in [0.15, 0.2) is 12.3 Å². The molecule has 1 aromatic heterocycles. The summed E-state index contributed by atoms with van der Waals surface area (Å²) >= 11 is 5.40. The summed E-state index contributed by atoms with van der Waals surface area (Å²) in [5.41, 5.74) is -0.769. The summed E-state index contributed by atoms with van der Waals surface area (Å²) in [6.45, 7) is 0. The molecule has 0 aliphatic rings. The van der Waals surface area contributed by atoms with Gasteiger partial charge in [-0.2, -0.15) is 13.2 Å². The zero-order valence-corrected chi connectivity index (χ0v) is 8.19. The number of pyridine rings is 1. The third-order valence-electron chi connectivity index (χ3n) is 1.57. The molecule has 0 amide bonds. The van der Waals surface area contributed by atoms with Crippen molar-refractivity contribution in [3.05, 3.63) is 23.0 Å². The maximum absolute atomic E-state index is 12.1. The van der Waals surface area contributed by atoms with Gasteiger partial charge in [0.15, 0.2) is 0 Å². The van der Waals surface area contributed by atoms with Crippen molar-refractivity contribution in [1.29, 1.82) is 0 Å². The number of carbonyl (C=O) groups is 1. The maximum atomic E-state index is 12.1. The Bertz CT molecular complexity index is 392. The molecule has 0 atom stereocenters. The molecule has 1 aromatic rings. The molecule has 1 heterocycles. The molecule has 0 aliphatic carbocycles. The van der Waals surface area contributed by atoms with E-state index >= 15 is 0 Å². The summed E-state index contributed by atoms with van der Waals surface area (Å²) in [5, 5.41) is -0.531. The molecule has 0 spiro atoms. The molecule has 7 heteroatoms. The standard InChI is InChI=1S/C8H5ClF3NO2/c1-15-4-2-3-13-7(9)5(4)6(14)8(10,11)12/h2-3H,1H3. The van der Waals surface area contributed by atoms with Crippen LogP contribution in [0.1, 0.15) is 10.4 Å². The Morgan fingerprint density at radius 1 is 1.53 bits per heavy atom. The van der Waals surface area contributed by atoms with Gasteiger partial charge in [0.05, 0.1) is 7.11 Å². The van der Waals surface area contributed by atoms with Crippen LogP contribution >= 0.6 is 11.6 Å². The predicted molar refractivity (Wildman–Crippen MR) is 46.2 cm³/mol. The first-order valence-corrected chi connectivity index (χ1v) is 4.05. The van der Waals surface area contributed by atoms with Gasteiger partial charge < -0.3 is 4.74 Å². The zero-order chi connectivity index (χ0) is 11.6. The van der Waals surface area contributed by atoms with Gasteiger partial charge in [-0.05, 0) is 6.07 Å². The van der Waals surface area contributed by atoms with Gasteiger partial charge in [0.2, 0.25) is 0 Å². The van der Waals surface area contributed by atoms with E-state index in [1.807, 2.05) is 0 Å². The molecule has 0 aliphatic heterocycles. The van der Waals surface area contributed by atoms with E-state index < -0.39 is 22.7 Å². The lowest BCUT2D eigenvalue weighted by atomic mass is 10.1. The number of carbonyl (C=O) groups excluding carboxylic acids is 1. The number of ketones is 1. The highest BCUT2D eigenvalue weighted by molar-refractivity contribution is 6.33. The molecule has 0 aromatic carbocycles. The van der Waals surface area contributed by atoms with Crippen LogP contribution in [0.3, 0.4) is 0 Å². The molecule has 15 heavy (non-hydrogen) atoms. The number of alkyl halides is 3. The van der Waals surface area contributed by atoms with Gasteiger partial charge in [-0.3, -0.25) is 4.79 Å². The third kappa shape index (κ3) is 2.38. The number of aromatic nitrogens is 1. The Kier molecular flexibility index (Phi) is 3.18. The minimum Gasteiger partial charge on any atom is -0.496 e. The van der Waals surface area contributed by atoms with Gasteiger partial charge in [0, 0.05) is 6.20 Å². The van der Waals surface area contributed by atoms with Crippen LogP contribution in [0.4, 0.5) is 13.2 Å². The summed E-state index contributed by atoms with van der Waals surface area (Å²) in [7, 11) is 1.14. The highest BCUT2D eigenvalue weighted by Gasteiger charge is 2.42. The van der Waals surface area contributed by atoms with Crippen molar-refractivity contribution in [3.8, 4) is 5.75 Å². The lowest BCUT2D eigenvalue weighted by Crippen LogP contribution is -2.24. The molecular formula is C8H5ClF3NO2. The molecule has 82 valence electrons. The fourth-order valence-electron chi connectivity index (χ4n) is 0.937. The molecule has 3 nitrogen and oxygen atoms in total. The van der Waals surface area contributed by atoms with Gasteiger partial charge >= 0.3 is 6.18 Å². The number of methoxy groups -OCH3 is 1. The van der Waals surface area contributed by atoms with Crippen LogP contribution in [0.5, 0.6) is 5.75 Å². The number of nitrogens with zero attached hydrogens (tertiary/aromatic N) is 1. The highest BCUT2D eigenvalue weighted by Crippen LogP contribution is 2.31. The van der Waals surface area contributed by atoms with Gasteiger partial charge in [-0.25, -0.2) is 4.98 Å². The van der Waals surface area contributed by atoms with Crippen LogP contribution in [0.2, 0.25) is 5.15 Å². The number of ether oxygens (including phenoxy) is 1. The monoisotopic (exact) mass is 239 g/mol. The SMILES string of the molecule is COc1ccnc(Cl)c1C(=O)C(F)(F)F. The van der Waals surface area contributed by atoms with E-state index in [9.17, 15) is 18.0 Å². The second-order valence-electron chi connectivity index (χ2n) is 2.51. The fourth-order valence-corrected chi connectivity index (χ4v) is 1.17. The first-order valence-electron chi connectivity index (χ1n) is 3.68. The summed E-state index contributed by atoms with van der Waals surface area (Å²) in [4.78, 5) is 14.3. The number of hydrogen-bond acceptors (Lipinski definition) is 3. The van der Waals surface area contributed by atoms with Crippen LogP contribution in [-0.2, 0) is 0 Å². The quantitative estimate of drug-likeness (QED) is 0.588. The molecular weight excluding hydrogens is 235 g/mol. The normalized spacial score (nSPS) is 11.3. The fraction of sp³-hybridized carbons (Fsp3) is 0.250. The van der Waals surface area contributed by atoms with Crippen molar-refractivity contribution in [2.75, 3.05) is 7.11 Å². The van der Waals surface area contributed by atoms with Crippen molar-refractivity contribution in [3.63, 3.8) is 0 Å². The zero-order valence-electron chi connectivity index (χ0n) is 7.43. The predicted octanol–water partition coefficient (Wildman–Crippen LogP) is 2.49. The molecule has 0 saturated carbocycles. The van der Waals surface area contributed by atoms with Crippen molar-refractivity contribution in [1.82, 2.24) is 4.98 Å². The summed E-state index contributed by atoms with van der Waals surface area (Å²) in [6, 6.07) is 1.13. The van der Waals surface area contributed by atoms with E-state index in [-0.39, 0.29) is 5.75 Å². The van der Waals surface area contributed by atoms with E-state index in [1.54, 1.807) is 0 Å². The molecule has 0 unspecified atom stereocenters. The highest BCUT2D eigenvalue weighted by atomic mass is 35.5. The van der Waals surface area contributed by atoms with Crippen LogP contribution in [0.25, 0.3) is 0 Å². The lowest BCUT2D eigenvalue weighted by Gasteiger charge is -2.10. The molecule has 0 N–H and O–H groups in total. The molecule has 0 bridgehead atoms.